The molecule has 1 aromatic rings. The molecule has 0 saturated heterocycles. The molecule has 1 fully saturated rings. The maximum absolute atomic E-state index is 9.87. The van der Waals surface area contributed by atoms with E-state index in [1.165, 1.54) is 38.5 Å². The summed E-state index contributed by atoms with van der Waals surface area (Å²) in [5.74, 6) is 2.71. The molecule has 2 atom stereocenters. The Hall–Kier alpha value is -0.900. The largest absolute Gasteiger partial charge is 0.392 e. The first-order valence-electron chi connectivity index (χ1n) is 8.17. The molecule has 1 aliphatic rings. The predicted octanol–water partition coefficient (Wildman–Crippen LogP) is 4.02. The van der Waals surface area contributed by atoms with Crippen molar-refractivity contribution >= 4 is 0 Å². The van der Waals surface area contributed by atoms with E-state index in [4.69, 9.17) is 4.52 Å². The second-order valence-corrected chi connectivity index (χ2v) is 6.26. The highest BCUT2D eigenvalue weighted by atomic mass is 16.5. The Morgan fingerprint density at radius 1 is 1.25 bits per heavy atom. The van der Waals surface area contributed by atoms with Gasteiger partial charge in [0.1, 0.15) is 0 Å². The van der Waals surface area contributed by atoms with E-state index in [2.05, 4.69) is 17.1 Å². The third-order valence-corrected chi connectivity index (χ3v) is 4.75. The van der Waals surface area contributed by atoms with Gasteiger partial charge in [-0.15, -0.1) is 0 Å². The molecule has 4 heteroatoms. The van der Waals surface area contributed by atoms with Crippen molar-refractivity contribution in [2.24, 2.45) is 5.92 Å². The lowest BCUT2D eigenvalue weighted by Gasteiger charge is -2.26. The second kappa shape index (κ2) is 7.21. The fourth-order valence-electron chi connectivity index (χ4n) is 3.23. The van der Waals surface area contributed by atoms with Crippen molar-refractivity contribution in [3.05, 3.63) is 11.7 Å². The Labute approximate surface area is 122 Å². The first kappa shape index (κ1) is 15.5. The summed E-state index contributed by atoms with van der Waals surface area (Å²) in [7, 11) is 0. The van der Waals surface area contributed by atoms with Crippen LogP contribution in [0.4, 0.5) is 0 Å². The molecule has 114 valence electrons. The van der Waals surface area contributed by atoms with Crippen molar-refractivity contribution in [3.8, 4) is 0 Å². The van der Waals surface area contributed by atoms with Gasteiger partial charge in [-0.1, -0.05) is 38.8 Å². The van der Waals surface area contributed by atoms with Crippen molar-refractivity contribution in [1.82, 2.24) is 10.1 Å². The zero-order chi connectivity index (χ0) is 14.5. The molecule has 0 spiro atoms. The van der Waals surface area contributed by atoms with E-state index < -0.39 is 6.10 Å². The molecule has 0 amide bonds. The fourth-order valence-corrected chi connectivity index (χ4v) is 3.23. The molecule has 4 nitrogen and oxygen atoms in total. The molecule has 2 unspecified atom stereocenters. The summed E-state index contributed by atoms with van der Waals surface area (Å²) in [6, 6.07) is 0. The lowest BCUT2D eigenvalue weighted by molar-refractivity contribution is 0.129. The van der Waals surface area contributed by atoms with Crippen LogP contribution in [-0.2, 0) is 0 Å². The van der Waals surface area contributed by atoms with Crippen LogP contribution in [0, 0.1) is 5.92 Å². The molecule has 0 bridgehead atoms. The summed E-state index contributed by atoms with van der Waals surface area (Å²) in [6.07, 6.45) is 7.87. The average molecular weight is 280 g/mol. The van der Waals surface area contributed by atoms with Crippen LogP contribution in [-0.4, -0.2) is 21.4 Å². The van der Waals surface area contributed by atoms with Crippen molar-refractivity contribution in [2.45, 2.75) is 83.7 Å². The topological polar surface area (TPSA) is 59.2 Å². The summed E-state index contributed by atoms with van der Waals surface area (Å²) < 4.78 is 5.36. The van der Waals surface area contributed by atoms with Crippen LogP contribution in [0.3, 0.4) is 0 Å². The number of hydrogen-bond donors (Lipinski definition) is 1. The third kappa shape index (κ3) is 3.60. The summed E-state index contributed by atoms with van der Waals surface area (Å²) >= 11 is 0. The maximum Gasteiger partial charge on any atom is 0.232 e. The van der Waals surface area contributed by atoms with E-state index in [0.29, 0.717) is 18.2 Å². The van der Waals surface area contributed by atoms with E-state index in [1.54, 1.807) is 0 Å². The lowest BCUT2D eigenvalue weighted by atomic mass is 9.80. The molecule has 0 aliphatic heterocycles. The van der Waals surface area contributed by atoms with Crippen molar-refractivity contribution in [2.75, 3.05) is 0 Å². The van der Waals surface area contributed by atoms with Crippen molar-refractivity contribution in [3.63, 3.8) is 0 Å². The van der Waals surface area contributed by atoms with E-state index in [0.717, 1.165) is 11.7 Å². The first-order chi connectivity index (χ1) is 9.65. The molecule has 1 saturated carbocycles. The van der Waals surface area contributed by atoms with E-state index in [-0.39, 0.29) is 5.92 Å². The Morgan fingerprint density at radius 3 is 2.55 bits per heavy atom. The molecule has 0 aromatic carbocycles. The summed E-state index contributed by atoms with van der Waals surface area (Å²) in [4.78, 5) is 4.54. The van der Waals surface area contributed by atoms with Crippen LogP contribution in [0.5, 0.6) is 0 Å². The molecule has 2 rings (SSSR count). The van der Waals surface area contributed by atoms with Gasteiger partial charge in [0.15, 0.2) is 5.82 Å². The fraction of sp³-hybridized carbons (Fsp3) is 0.875. The van der Waals surface area contributed by atoms with E-state index in [9.17, 15) is 5.11 Å². The van der Waals surface area contributed by atoms with E-state index in [1.807, 2.05) is 13.8 Å². The summed E-state index contributed by atoms with van der Waals surface area (Å²) in [5, 5.41) is 14.0. The maximum atomic E-state index is 9.87. The predicted molar refractivity (Wildman–Crippen MR) is 78.6 cm³/mol. The molecule has 1 aliphatic carbocycles. The Balaban J connectivity index is 1.93. The van der Waals surface area contributed by atoms with Gasteiger partial charge in [-0.25, -0.2) is 0 Å². The monoisotopic (exact) mass is 280 g/mol. The van der Waals surface area contributed by atoms with Crippen LogP contribution in [0.2, 0.25) is 0 Å². The van der Waals surface area contributed by atoms with Gasteiger partial charge >= 0.3 is 0 Å². The van der Waals surface area contributed by atoms with Gasteiger partial charge < -0.3 is 9.63 Å². The van der Waals surface area contributed by atoms with Gasteiger partial charge in [-0.05, 0) is 38.0 Å². The number of aliphatic hydroxyl groups excluding tert-OH is 1. The van der Waals surface area contributed by atoms with Crippen molar-refractivity contribution in [1.29, 1.82) is 0 Å². The Morgan fingerprint density at radius 2 is 1.95 bits per heavy atom. The normalized spacial score (nSPS) is 26.4. The highest BCUT2D eigenvalue weighted by Crippen LogP contribution is 2.36. The minimum absolute atomic E-state index is 0.0716. The highest BCUT2D eigenvalue weighted by molar-refractivity contribution is 5.01. The van der Waals surface area contributed by atoms with Crippen LogP contribution in [0.1, 0.15) is 89.3 Å². The number of aromatic nitrogens is 2. The molecule has 1 aromatic heterocycles. The van der Waals surface area contributed by atoms with Crippen LogP contribution in [0.25, 0.3) is 0 Å². The molecule has 1 heterocycles. The highest BCUT2D eigenvalue weighted by Gasteiger charge is 2.27. The van der Waals surface area contributed by atoms with Gasteiger partial charge in [-0.2, -0.15) is 4.98 Å². The summed E-state index contributed by atoms with van der Waals surface area (Å²) in [6.45, 7) is 6.18. The molecular formula is C16H28N2O2. The van der Waals surface area contributed by atoms with E-state index >= 15 is 0 Å². The lowest BCUT2D eigenvalue weighted by Crippen LogP contribution is -2.16. The van der Waals surface area contributed by atoms with Crippen molar-refractivity contribution < 1.29 is 9.63 Å². The van der Waals surface area contributed by atoms with Gasteiger partial charge in [0.05, 0.1) is 12.0 Å². The molecule has 1 N–H and O–H groups in total. The smallest absolute Gasteiger partial charge is 0.232 e. The zero-order valence-corrected chi connectivity index (χ0v) is 13.0. The van der Waals surface area contributed by atoms with Gasteiger partial charge in [-0.3, -0.25) is 0 Å². The molecule has 0 radical (unpaired) electrons. The van der Waals surface area contributed by atoms with Gasteiger partial charge in [0.2, 0.25) is 5.89 Å². The average Bonchev–Trinajstić information content (AvgIpc) is 2.96. The molecular weight excluding hydrogens is 252 g/mol. The quantitative estimate of drug-likeness (QED) is 0.855. The minimum atomic E-state index is -0.399. The Kier molecular flexibility index (Phi) is 5.58. The third-order valence-electron chi connectivity index (χ3n) is 4.75. The number of nitrogens with zero attached hydrogens (tertiary/aromatic N) is 2. The first-order valence-corrected chi connectivity index (χ1v) is 8.17. The number of hydrogen-bond acceptors (Lipinski definition) is 4. The van der Waals surface area contributed by atoms with Crippen LogP contribution in [0.15, 0.2) is 4.52 Å². The standard InChI is InChI=1S/C16H28N2O2/c1-4-6-12-7-9-13(10-8-12)15-17-16(20-18-15)11(3)14(19)5-2/h11-14,19H,4-10H2,1-3H3. The zero-order valence-electron chi connectivity index (χ0n) is 13.0. The number of aliphatic hydroxyl groups is 1. The SMILES string of the molecule is CCCC1CCC(c2noc(C(C)C(O)CC)n2)CC1. The molecule has 20 heavy (non-hydrogen) atoms. The summed E-state index contributed by atoms with van der Waals surface area (Å²) in [5.41, 5.74) is 0. The van der Waals surface area contributed by atoms with Gasteiger partial charge in [0, 0.05) is 5.92 Å². The minimum Gasteiger partial charge on any atom is -0.392 e. The Bertz CT molecular complexity index is 397. The van der Waals surface area contributed by atoms with Crippen LogP contribution < -0.4 is 0 Å². The van der Waals surface area contributed by atoms with Crippen LogP contribution >= 0.6 is 0 Å². The number of rotatable bonds is 6. The second-order valence-electron chi connectivity index (χ2n) is 6.26. The van der Waals surface area contributed by atoms with Gasteiger partial charge in [0.25, 0.3) is 0 Å².